The molecule has 2 N–H and O–H groups in total. The minimum atomic E-state index is 0.442. The molecule has 1 heterocycles. The smallest absolute Gasteiger partial charge is 0.249 e. The number of methoxy groups -OCH3 is 1. The number of nitrogens with zero attached hydrogens (tertiary/aromatic N) is 3. The summed E-state index contributed by atoms with van der Waals surface area (Å²) in [5.74, 6) is 7.43. The predicted molar refractivity (Wildman–Crippen MR) is 112 cm³/mol. The number of hydrogen-bond acceptors (Lipinski definition) is 6. The molecule has 0 unspecified atom stereocenters. The van der Waals surface area contributed by atoms with Crippen LogP contribution in [-0.2, 0) is 0 Å². The van der Waals surface area contributed by atoms with E-state index in [-0.39, 0.29) is 0 Å². The highest BCUT2D eigenvalue weighted by Gasteiger charge is 2.09. The van der Waals surface area contributed by atoms with Crippen molar-refractivity contribution >= 4 is 16.7 Å². The van der Waals surface area contributed by atoms with Gasteiger partial charge in [0.15, 0.2) is 5.69 Å². The summed E-state index contributed by atoms with van der Waals surface area (Å²) in [4.78, 5) is 11.3. The normalized spacial score (nSPS) is 10.6. The van der Waals surface area contributed by atoms with E-state index in [1.807, 2.05) is 44.4 Å². The van der Waals surface area contributed by atoms with Gasteiger partial charge in [0, 0.05) is 17.8 Å². The van der Waals surface area contributed by atoms with Gasteiger partial charge in [0.1, 0.15) is 5.75 Å². The molecule has 0 amide bonds. The number of rotatable bonds is 6. The average molecular weight is 376 g/mol. The summed E-state index contributed by atoms with van der Waals surface area (Å²) in [5.41, 5.74) is 9.29. The molecule has 2 aromatic carbocycles. The Hall–Kier alpha value is -3.30. The average Bonchev–Trinajstić information content (AvgIpc) is 2.69. The summed E-state index contributed by atoms with van der Waals surface area (Å²) in [6, 6.07) is 13.0. The Morgan fingerprint density at radius 1 is 1.00 bits per heavy atom. The van der Waals surface area contributed by atoms with Crippen LogP contribution in [0.1, 0.15) is 17.7 Å². The summed E-state index contributed by atoms with van der Waals surface area (Å²) in [5, 5.41) is 0. The molecule has 0 aliphatic carbocycles. The fourth-order valence-corrected chi connectivity index (χ4v) is 2.59. The predicted octanol–water partition coefficient (Wildman–Crippen LogP) is 2.95. The lowest BCUT2D eigenvalue weighted by Gasteiger charge is -2.11. The Morgan fingerprint density at radius 2 is 1.79 bits per heavy atom. The van der Waals surface area contributed by atoms with Crippen molar-refractivity contribution in [3.63, 3.8) is 0 Å². The third-order valence-electron chi connectivity index (χ3n) is 4.06. The van der Waals surface area contributed by atoms with Gasteiger partial charge in [-0.1, -0.05) is 5.92 Å². The van der Waals surface area contributed by atoms with E-state index in [1.54, 1.807) is 19.2 Å². The molecule has 144 valence electrons. The van der Waals surface area contributed by atoms with Crippen LogP contribution in [0.3, 0.4) is 0 Å². The molecule has 3 aromatic rings. The van der Waals surface area contributed by atoms with Crippen molar-refractivity contribution in [1.82, 2.24) is 14.9 Å². The number of aromatic nitrogens is 2. The Morgan fingerprint density at radius 3 is 2.50 bits per heavy atom. The maximum atomic E-state index is 5.90. The quantitative estimate of drug-likeness (QED) is 0.405. The van der Waals surface area contributed by atoms with Gasteiger partial charge in [-0.15, -0.1) is 0 Å². The lowest BCUT2D eigenvalue weighted by atomic mass is 10.2. The summed E-state index contributed by atoms with van der Waals surface area (Å²) < 4.78 is 11.1. The summed E-state index contributed by atoms with van der Waals surface area (Å²) >= 11 is 0. The number of ether oxygens (including phenoxy) is 2. The van der Waals surface area contributed by atoms with Crippen LogP contribution in [0.5, 0.6) is 11.6 Å². The van der Waals surface area contributed by atoms with E-state index in [1.165, 1.54) is 0 Å². The van der Waals surface area contributed by atoms with Crippen molar-refractivity contribution < 1.29 is 9.47 Å². The van der Waals surface area contributed by atoms with Crippen molar-refractivity contribution in [2.75, 3.05) is 40.1 Å². The van der Waals surface area contributed by atoms with Crippen LogP contribution < -0.4 is 15.2 Å². The molecule has 28 heavy (non-hydrogen) atoms. The van der Waals surface area contributed by atoms with Crippen molar-refractivity contribution in [3.05, 3.63) is 53.7 Å². The van der Waals surface area contributed by atoms with E-state index in [0.717, 1.165) is 29.8 Å². The van der Waals surface area contributed by atoms with Gasteiger partial charge < -0.3 is 20.1 Å². The Bertz CT molecular complexity index is 1000. The van der Waals surface area contributed by atoms with Gasteiger partial charge in [0.25, 0.3) is 0 Å². The van der Waals surface area contributed by atoms with E-state index >= 15 is 0 Å². The molecule has 0 aliphatic heterocycles. The molecule has 6 heteroatoms. The first-order valence-electron chi connectivity index (χ1n) is 9.06. The minimum absolute atomic E-state index is 0.442. The van der Waals surface area contributed by atoms with Crippen LogP contribution in [0.4, 0.5) is 5.69 Å². The molecule has 3 rings (SSSR count). The molecule has 0 saturated carbocycles. The molecular weight excluding hydrogens is 352 g/mol. The first-order chi connectivity index (χ1) is 13.5. The van der Waals surface area contributed by atoms with Crippen LogP contribution in [0.2, 0.25) is 0 Å². The van der Waals surface area contributed by atoms with Gasteiger partial charge in [-0.3, -0.25) is 0 Å². The Kier molecular flexibility index (Phi) is 6.30. The molecule has 0 bridgehead atoms. The van der Waals surface area contributed by atoms with Gasteiger partial charge in [-0.05, 0) is 68.9 Å². The Labute approximate surface area is 165 Å². The third kappa shape index (κ3) is 5.12. The van der Waals surface area contributed by atoms with Crippen molar-refractivity contribution in [2.24, 2.45) is 0 Å². The van der Waals surface area contributed by atoms with Gasteiger partial charge in [0.05, 0.1) is 24.8 Å². The topological polar surface area (TPSA) is 73.5 Å². The van der Waals surface area contributed by atoms with Gasteiger partial charge in [0.2, 0.25) is 5.88 Å². The maximum absolute atomic E-state index is 5.90. The SMILES string of the molecule is COc1ccc(C#Cc2nc3cc(N)ccc3nc2OCCCN(C)C)cc1. The van der Waals surface area contributed by atoms with E-state index in [2.05, 4.69) is 26.7 Å². The number of nitrogen functional groups attached to an aromatic ring is 1. The molecule has 0 atom stereocenters. The molecular formula is C22H24N4O2. The van der Waals surface area contributed by atoms with Crippen LogP contribution in [0.25, 0.3) is 11.0 Å². The number of fused-ring (bicyclic) bond motifs is 1. The van der Waals surface area contributed by atoms with Crippen LogP contribution in [0, 0.1) is 11.8 Å². The molecule has 0 saturated heterocycles. The highest BCUT2D eigenvalue weighted by Crippen LogP contribution is 2.21. The van der Waals surface area contributed by atoms with Crippen molar-refractivity contribution in [1.29, 1.82) is 0 Å². The van der Waals surface area contributed by atoms with Gasteiger partial charge in [-0.2, -0.15) is 0 Å². The Balaban J connectivity index is 1.90. The molecule has 0 spiro atoms. The number of benzene rings is 2. The summed E-state index contributed by atoms with van der Waals surface area (Å²) in [6.07, 6.45) is 0.889. The second-order valence-corrected chi connectivity index (χ2v) is 6.61. The van der Waals surface area contributed by atoms with Crippen LogP contribution >= 0.6 is 0 Å². The molecule has 1 aromatic heterocycles. The highest BCUT2D eigenvalue weighted by molar-refractivity contribution is 5.79. The first kappa shape index (κ1) is 19.5. The van der Waals surface area contributed by atoms with E-state index in [9.17, 15) is 0 Å². The summed E-state index contributed by atoms with van der Waals surface area (Å²) in [6.45, 7) is 1.48. The van der Waals surface area contributed by atoms with Gasteiger partial charge >= 0.3 is 0 Å². The largest absolute Gasteiger partial charge is 0.497 e. The number of hydrogen-bond donors (Lipinski definition) is 1. The standard InChI is InChI=1S/C22H24N4O2/c1-26(2)13-4-14-28-22-20(11-7-16-5-9-18(27-3)10-6-16)24-21-15-17(23)8-12-19(21)25-22/h5-6,8-10,12,15H,4,13-14,23H2,1-3H3. The number of nitrogens with two attached hydrogens (primary N) is 1. The lowest BCUT2D eigenvalue weighted by Crippen LogP contribution is -2.16. The van der Waals surface area contributed by atoms with Crippen molar-refractivity contribution in [3.8, 4) is 23.5 Å². The van der Waals surface area contributed by atoms with E-state index < -0.39 is 0 Å². The molecule has 0 fully saturated rings. The van der Waals surface area contributed by atoms with Crippen LogP contribution in [0.15, 0.2) is 42.5 Å². The number of anilines is 1. The fourth-order valence-electron chi connectivity index (χ4n) is 2.59. The van der Waals surface area contributed by atoms with E-state index in [4.69, 9.17) is 15.2 Å². The van der Waals surface area contributed by atoms with Gasteiger partial charge in [-0.25, -0.2) is 9.97 Å². The zero-order valence-corrected chi connectivity index (χ0v) is 16.4. The van der Waals surface area contributed by atoms with Crippen LogP contribution in [-0.4, -0.2) is 49.2 Å². The second-order valence-electron chi connectivity index (χ2n) is 6.61. The minimum Gasteiger partial charge on any atom is -0.497 e. The molecule has 0 radical (unpaired) electrons. The van der Waals surface area contributed by atoms with Crippen molar-refractivity contribution in [2.45, 2.75) is 6.42 Å². The fraction of sp³-hybridized carbons (Fsp3) is 0.273. The maximum Gasteiger partial charge on any atom is 0.249 e. The monoisotopic (exact) mass is 376 g/mol. The summed E-state index contributed by atoms with van der Waals surface area (Å²) in [7, 11) is 5.70. The molecule has 0 aliphatic rings. The second kappa shape index (κ2) is 9.07. The van der Waals surface area contributed by atoms with E-state index in [0.29, 0.717) is 29.4 Å². The first-order valence-corrected chi connectivity index (χ1v) is 9.06. The highest BCUT2D eigenvalue weighted by atomic mass is 16.5. The third-order valence-corrected chi connectivity index (χ3v) is 4.06. The zero-order valence-electron chi connectivity index (χ0n) is 16.4. The lowest BCUT2D eigenvalue weighted by molar-refractivity contribution is 0.272. The zero-order chi connectivity index (χ0) is 19.9. The molecule has 6 nitrogen and oxygen atoms in total.